The van der Waals surface area contributed by atoms with E-state index >= 15 is 0 Å². The number of rotatable bonds is 8. The molecule has 0 bridgehead atoms. The standard InChI is InChI=1S/C19H31NS/c1-3-13-20-19(15-21-18-11-6-5-7-12-18)17-10-8-9-16(4-2)14-17/h5-7,11-12,16-17,19-20H,3-4,8-10,13-15H2,1-2H3. The van der Waals surface area contributed by atoms with Crippen LogP contribution >= 0.6 is 11.8 Å². The van der Waals surface area contributed by atoms with Crippen LogP contribution in [-0.2, 0) is 0 Å². The van der Waals surface area contributed by atoms with Gasteiger partial charge in [-0.25, -0.2) is 0 Å². The summed E-state index contributed by atoms with van der Waals surface area (Å²) in [6.45, 7) is 5.79. The first-order chi connectivity index (χ1) is 10.3. The summed E-state index contributed by atoms with van der Waals surface area (Å²) in [6, 6.07) is 11.5. The van der Waals surface area contributed by atoms with Gasteiger partial charge in [-0.1, -0.05) is 51.3 Å². The minimum atomic E-state index is 0.685. The number of thioether (sulfide) groups is 1. The Balaban J connectivity index is 1.90. The van der Waals surface area contributed by atoms with Crippen LogP contribution < -0.4 is 5.32 Å². The maximum Gasteiger partial charge on any atom is 0.0190 e. The summed E-state index contributed by atoms with van der Waals surface area (Å²) in [6.07, 6.45) is 8.35. The maximum absolute atomic E-state index is 3.83. The summed E-state index contributed by atoms with van der Waals surface area (Å²) in [5.41, 5.74) is 0. The summed E-state index contributed by atoms with van der Waals surface area (Å²) in [5.74, 6) is 3.06. The summed E-state index contributed by atoms with van der Waals surface area (Å²) >= 11 is 2.02. The molecule has 0 spiro atoms. The topological polar surface area (TPSA) is 12.0 Å². The Kier molecular flexibility index (Phi) is 7.66. The molecule has 1 fully saturated rings. The minimum Gasteiger partial charge on any atom is -0.313 e. The normalized spacial score (nSPS) is 23.9. The van der Waals surface area contributed by atoms with E-state index in [2.05, 4.69) is 49.5 Å². The van der Waals surface area contributed by atoms with Crippen LogP contribution in [0.1, 0.15) is 52.4 Å². The second-order valence-corrected chi connectivity index (χ2v) is 7.48. The van der Waals surface area contributed by atoms with Crippen molar-refractivity contribution < 1.29 is 0 Å². The molecule has 1 aromatic carbocycles. The smallest absolute Gasteiger partial charge is 0.0190 e. The quantitative estimate of drug-likeness (QED) is 0.649. The average Bonchev–Trinajstić information content (AvgIpc) is 2.56. The van der Waals surface area contributed by atoms with Crippen LogP contribution in [0.3, 0.4) is 0 Å². The molecule has 0 aliphatic heterocycles. The van der Waals surface area contributed by atoms with E-state index < -0.39 is 0 Å². The van der Waals surface area contributed by atoms with Gasteiger partial charge in [0.25, 0.3) is 0 Å². The van der Waals surface area contributed by atoms with Gasteiger partial charge in [-0.3, -0.25) is 0 Å². The lowest BCUT2D eigenvalue weighted by Crippen LogP contribution is -2.40. The van der Waals surface area contributed by atoms with Crippen molar-refractivity contribution in [1.29, 1.82) is 0 Å². The van der Waals surface area contributed by atoms with Crippen LogP contribution in [0.15, 0.2) is 35.2 Å². The molecule has 0 amide bonds. The lowest BCUT2D eigenvalue weighted by atomic mass is 9.77. The van der Waals surface area contributed by atoms with Crippen LogP contribution in [0.4, 0.5) is 0 Å². The Hall–Kier alpha value is -0.470. The molecule has 0 radical (unpaired) electrons. The molecule has 0 heterocycles. The third-order valence-electron chi connectivity index (χ3n) is 4.80. The zero-order valence-corrected chi connectivity index (χ0v) is 14.5. The third kappa shape index (κ3) is 5.67. The van der Waals surface area contributed by atoms with Crippen molar-refractivity contribution in [2.45, 2.75) is 63.3 Å². The molecule has 1 aliphatic carbocycles. The number of benzene rings is 1. The lowest BCUT2D eigenvalue weighted by molar-refractivity contribution is 0.219. The summed E-state index contributed by atoms with van der Waals surface area (Å²) < 4.78 is 0. The highest BCUT2D eigenvalue weighted by Crippen LogP contribution is 2.34. The van der Waals surface area contributed by atoms with Gasteiger partial charge in [-0.2, -0.15) is 0 Å². The monoisotopic (exact) mass is 305 g/mol. The van der Waals surface area contributed by atoms with Gasteiger partial charge in [0.15, 0.2) is 0 Å². The molecular weight excluding hydrogens is 274 g/mol. The van der Waals surface area contributed by atoms with E-state index in [4.69, 9.17) is 0 Å². The highest BCUT2D eigenvalue weighted by atomic mass is 32.2. The van der Waals surface area contributed by atoms with E-state index in [1.165, 1.54) is 49.2 Å². The van der Waals surface area contributed by atoms with E-state index in [9.17, 15) is 0 Å². The van der Waals surface area contributed by atoms with Crippen molar-refractivity contribution >= 4 is 11.8 Å². The molecule has 118 valence electrons. The van der Waals surface area contributed by atoms with E-state index in [0.29, 0.717) is 6.04 Å². The van der Waals surface area contributed by atoms with Gasteiger partial charge in [0.1, 0.15) is 0 Å². The van der Waals surface area contributed by atoms with Gasteiger partial charge < -0.3 is 5.32 Å². The highest BCUT2D eigenvalue weighted by Gasteiger charge is 2.27. The predicted octanol–water partition coefficient (Wildman–Crippen LogP) is 5.36. The van der Waals surface area contributed by atoms with Crippen molar-refractivity contribution in [3.63, 3.8) is 0 Å². The van der Waals surface area contributed by atoms with Gasteiger partial charge in [0.05, 0.1) is 0 Å². The van der Waals surface area contributed by atoms with Crippen molar-refractivity contribution in [1.82, 2.24) is 5.32 Å². The SMILES string of the molecule is CCCNC(CSc1ccccc1)C1CCCC(CC)C1. The molecule has 21 heavy (non-hydrogen) atoms. The van der Waals surface area contributed by atoms with Gasteiger partial charge in [0, 0.05) is 16.7 Å². The summed E-state index contributed by atoms with van der Waals surface area (Å²) in [4.78, 5) is 1.41. The Morgan fingerprint density at radius 1 is 1.19 bits per heavy atom. The molecule has 1 aromatic rings. The molecule has 2 heteroatoms. The fraction of sp³-hybridized carbons (Fsp3) is 0.684. The molecule has 0 aromatic heterocycles. The molecule has 1 nitrogen and oxygen atoms in total. The first-order valence-corrected chi connectivity index (χ1v) is 9.73. The maximum atomic E-state index is 3.83. The molecule has 1 aliphatic rings. The van der Waals surface area contributed by atoms with Gasteiger partial charge >= 0.3 is 0 Å². The van der Waals surface area contributed by atoms with Crippen LogP contribution in [0.5, 0.6) is 0 Å². The molecule has 1 saturated carbocycles. The zero-order valence-electron chi connectivity index (χ0n) is 13.7. The van der Waals surface area contributed by atoms with Crippen LogP contribution in [-0.4, -0.2) is 18.3 Å². The van der Waals surface area contributed by atoms with E-state index in [1.54, 1.807) is 0 Å². The van der Waals surface area contributed by atoms with Gasteiger partial charge in [-0.15, -0.1) is 11.8 Å². The fourth-order valence-corrected chi connectivity index (χ4v) is 4.57. The van der Waals surface area contributed by atoms with Gasteiger partial charge in [-0.05, 0) is 49.8 Å². The molecule has 3 atom stereocenters. The second-order valence-electron chi connectivity index (χ2n) is 6.39. The third-order valence-corrected chi connectivity index (χ3v) is 5.93. The Morgan fingerprint density at radius 2 is 2.00 bits per heavy atom. The molecule has 1 N–H and O–H groups in total. The van der Waals surface area contributed by atoms with Gasteiger partial charge in [0.2, 0.25) is 0 Å². The summed E-state index contributed by atoms with van der Waals surface area (Å²) in [7, 11) is 0. The minimum absolute atomic E-state index is 0.685. The van der Waals surface area contributed by atoms with E-state index in [0.717, 1.165) is 18.4 Å². The first-order valence-electron chi connectivity index (χ1n) is 8.74. The van der Waals surface area contributed by atoms with E-state index in [1.807, 2.05) is 11.8 Å². The Morgan fingerprint density at radius 3 is 2.71 bits per heavy atom. The number of hydrogen-bond donors (Lipinski definition) is 1. The Bertz CT molecular complexity index is 378. The highest BCUT2D eigenvalue weighted by molar-refractivity contribution is 7.99. The van der Waals surface area contributed by atoms with Crippen molar-refractivity contribution in [3.05, 3.63) is 30.3 Å². The first kappa shape index (κ1) is 16.9. The molecule has 0 saturated heterocycles. The van der Waals surface area contributed by atoms with Crippen LogP contribution in [0.25, 0.3) is 0 Å². The largest absolute Gasteiger partial charge is 0.313 e. The Labute approximate surface area is 135 Å². The van der Waals surface area contributed by atoms with Crippen molar-refractivity contribution in [2.75, 3.05) is 12.3 Å². The number of nitrogens with one attached hydrogen (secondary N) is 1. The predicted molar refractivity (Wildman–Crippen MR) is 95.0 cm³/mol. The summed E-state index contributed by atoms with van der Waals surface area (Å²) in [5, 5.41) is 3.83. The average molecular weight is 306 g/mol. The number of hydrogen-bond acceptors (Lipinski definition) is 2. The second kappa shape index (κ2) is 9.53. The molecule has 2 rings (SSSR count). The fourth-order valence-electron chi connectivity index (χ4n) is 3.46. The van der Waals surface area contributed by atoms with Crippen molar-refractivity contribution in [3.8, 4) is 0 Å². The van der Waals surface area contributed by atoms with Crippen LogP contribution in [0.2, 0.25) is 0 Å². The van der Waals surface area contributed by atoms with E-state index in [-0.39, 0.29) is 0 Å². The molecular formula is C19H31NS. The molecule has 3 unspecified atom stereocenters. The van der Waals surface area contributed by atoms with Crippen LogP contribution in [0, 0.1) is 11.8 Å². The van der Waals surface area contributed by atoms with Crippen molar-refractivity contribution in [2.24, 2.45) is 11.8 Å². The zero-order chi connectivity index (χ0) is 14.9. The lowest BCUT2D eigenvalue weighted by Gasteiger charge is -2.35.